The molecule has 8 heteroatoms. The molecule has 1 unspecified atom stereocenters. The zero-order chi connectivity index (χ0) is 21.8. The summed E-state index contributed by atoms with van der Waals surface area (Å²) in [5.41, 5.74) is 3.78. The Morgan fingerprint density at radius 1 is 1.26 bits per heavy atom. The van der Waals surface area contributed by atoms with Gasteiger partial charge < -0.3 is 14.8 Å². The standard InChI is InChI=1S/C23H30N4O4/c1-16-11-18(14-26-7-9-30-10-8-26)3-5-21(16)19-4-6-22(25-12-19)27-15-20(31-23(27)29)13-24-17(2)28/h3-6,12,16,20H,7-11,13-15H2,1-2H3,(H,24,28)/t16?,20-/m0/s1. The largest absolute Gasteiger partial charge is 0.442 e. The molecule has 2 saturated heterocycles. The molecule has 4 rings (SSSR count). The quantitative estimate of drug-likeness (QED) is 0.751. The van der Waals surface area contributed by atoms with Crippen LogP contribution >= 0.6 is 0 Å². The molecule has 2 fully saturated rings. The van der Waals surface area contributed by atoms with Gasteiger partial charge in [-0.05, 0) is 35.6 Å². The van der Waals surface area contributed by atoms with Gasteiger partial charge in [0.05, 0.1) is 26.3 Å². The fourth-order valence-electron chi connectivity index (χ4n) is 4.28. The van der Waals surface area contributed by atoms with Crippen LogP contribution in [0.5, 0.6) is 0 Å². The summed E-state index contributed by atoms with van der Waals surface area (Å²) in [6, 6.07) is 3.87. The molecule has 0 bridgehead atoms. The van der Waals surface area contributed by atoms with Gasteiger partial charge in [-0.3, -0.25) is 14.6 Å². The Morgan fingerprint density at radius 2 is 2.06 bits per heavy atom. The van der Waals surface area contributed by atoms with Gasteiger partial charge in [0.1, 0.15) is 11.9 Å². The van der Waals surface area contributed by atoms with E-state index < -0.39 is 6.09 Å². The van der Waals surface area contributed by atoms with Gasteiger partial charge in [0.15, 0.2) is 0 Å². The number of hydrogen-bond acceptors (Lipinski definition) is 6. The van der Waals surface area contributed by atoms with Crippen molar-refractivity contribution < 1.29 is 19.1 Å². The van der Waals surface area contributed by atoms with Gasteiger partial charge in [-0.1, -0.05) is 24.6 Å². The summed E-state index contributed by atoms with van der Waals surface area (Å²) < 4.78 is 10.8. The van der Waals surface area contributed by atoms with E-state index in [0.29, 0.717) is 24.8 Å². The number of anilines is 1. The van der Waals surface area contributed by atoms with Crippen molar-refractivity contribution in [2.45, 2.75) is 26.4 Å². The highest BCUT2D eigenvalue weighted by molar-refractivity contribution is 5.88. The second-order valence-electron chi connectivity index (χ2n) is 8.40. The Morgan fingerprint density at radius 3 is 2.74 bits per heavy atom. The summed E-state index contributed by atoms with van der Waals surface area (Å²) in [5.74, 6) is 0.827. The molecule has 1 aliphatic carbocycles. The fourth-order valence-corrected chi connectivity index (χ4v) is 4.28. The number of hydrogen-bond donors (Lipinski definition) is 1. The smallest absolute Gasteiger partial charge is 0.416 e. The predicted octanol–water partition coefficient (Wildman–Crippen LogP) is 2.22. The number of carbonyl (C=O) groups excluding carboxylic acids is 2. The maximum atomic E-state index is 12.2. The lowest BCUT2D eigenvalue weighted by Crippen LogP contribution is -2.37. The number of cyclic esters (lactones) is 1. The zero-order valence-electron chi connectivity index (χ0n) is 18.2. The van der Waals surface area contributed by atoms with Gasteiger partial charge in [-0.15, -0.1) is 0 Å². The second kappa shape index (κ2) is 9.62. The molecule has 1 aromatic rings. The molecule has 1 N–H and O–H groups in total. The second-order valence-corrected chi connectivity index (χ2v) is 8.40. The minimum Gasteiger partial charge on any atom is -0.442 e. The fraction of sp³-hybridized carbons (Fsp3) is 0.522. The summed E-state index contributed by atoms with van der Waals surface area (Å²) in [5, 5.41) is 2.68. The first-order chi connectivity index (χ1) is 15.0. The summed E-state index contributed by atoms with van der Waals surface area (Å²) in [7, 11) is 0. The van der Waals surface area contributed by atoms with E-state index in [2.05, 4.69) is 34.3 Å². The first-order valence-corrected chi connectivity index (χ1v) is 10.9. The molecule has 2 aliphatic heterocycles. The van der Waals surface area contributed by atoms with Gasteiger partial charge in [0.25, 0.3) is 0 Å². The van der Waals surface area contributed by atoms with Crippen molar-refractivity contribution in [3.05, 3.63) is 41.6 Å². The van der Waals surface area contributed by atoms with E-state index in [-0.39, 0.29) is 12.0 Å². The Hall–Kier alpha value is -2.71. The van der Waals surface area contributed by atoms with E-state index in [0.717, 1.165) is 44.8 Å². The third kappa shape index (κ3) is 5.32. The Kier molecular flexibility index (Phi) is 6.67. The molecule has 8 nitrogen and oxygen atoms in total. The van der Waals surface area contributed by atoms with Crippen molar-refractivity contribution >= 4 is 23.4 Å². The van der Waals surface area contributed by atoms with Crippen LogP contribution in [0.25, 0.3) is 5.57 Å². The number of allylic oxidation sites excluding steroid dienone is 3. The van der Waals surface area contributed by atoms with Crippen LogP contribution in [0.4, 0.5) is 10.6 Å². The number of pyridine rings is 1. The van der Waals surface area contributed by atoms with E-state index in [9.17, 15) is 9.59 Å². The van der Waals surface area contributed by atoms with Crippen molar-refractivity contribution in [1.82, 2.24) is 15.2 Å². The Bertz CT molecular complexity index is 874. The SMILES string of the molecule is CC(=O)NC[C@H]1CN(c2ccc(C3=CC=C(CN4CCOCC4)CC3C)cn2)C(=O)O1. The number of nitrogens with zero attached hydrogens (tertiary/aromatic N) is 3. The molecule has 166 valence electrons. The number of nitrogens with one attached hydrogen (secondary N) is 1. The topological polar surface area (TPSA) is 84.0 Å². The van der Waals surface area contributed by atoms with E-state index >= 15 is 0 Å². The van der Waals surface area contributed by atoms with Crippen LogP contribution in [-0.4, -0.2) is 73.9 Å². The average Bonchev–Trinajstić information content (AvgIpc) is 3.14. The van der Waals surface area contributed by atoms with Gasteiger partial charge >= 0.3 is 6.09 Å². The first kappa shape index (κ1) is 21.5. The van der Waals surface area contributed by atoms with Gasteiger partial charge in [0.2, 0.25) is 5.91 Å². The van der Waals surface area contributed by atoms with Crippen molar-refractivity contribution in [2.24, 2.45) is 5.92 Å². The van der Waals surface area contributed by atoms with E-state index in [4.69, 9.17) is 9.47 Å². The number of morpholine rings is 1. The van der Waals surface area contributed by atoms with E-state index in [1.54, 1.807) is 0 Å². The molecule has 3 heterocycles. The van der Waals surface area contributed by atoms with Crippen molar-refractivity contribution in [1.29, 1.82) is 0 Å². The van der Waals surface area contributed by atoms with Crippen molar-refractivity contribution in [2.75, 3.05) is 50.8 Å². The lowest BCUT2D eigenvalue weighted by Gasteiger charge is -2.30. The number of ether oxygens (including phenoxy) is 2. The number of aromatic nitrogens is 1. The minimum atomic E-state index is -0.434. The van der Waals surface area contributed by atoms with Gasteiger partial charge in [-0.2, -0.15) is 0 Å². The summed E-state index contributed by atoms with van der Waals surface area (Å²) >= 11 is 0. The molecule has 0 spiro atoms. The number of amides is 2. The monoisotopic (exact) mass is 426 g/mol. The number of carbonyl (C=O) groups is 2. The van der Waals surface area contributed by atoms with Gasteiger partial charge in [0, 0.05) is 32.8 Å². The van der Waals surface area contributed by atoms with Gasteiger partial charge in [-0.25, -0.2) is 9.78 Å². The highest BCUT2D eigenvalue weighted by atomic mass is 16.6. The summed E-state index contributed by atoms with van der Waals surface area (Å²) in [6.45, 7) is 9.01. The molecule has 0 saturated carbocycles. The molecular weight excluding hydrogens is 396 g/mol. The highest BCUT2D eigenvalue weighted by Crippen LogP contribution is 2.33. The van der Waals surface area contributed by atoms with Crippen molar-refractivity contribution in [3.8, 4) is 0 Å². The normalized spacial score (nSPS) is 24.5. The molecule has 2 atom stereocenters. The minimum absolute atomic E-state index is 0.144. The average molecular weight is 427 g/mol. The molecular formula is C23H30N4O4. The molecule has 0 aromatic carbocycles. The van der Waals surface area contributed by atoms with E-state index in [1.165, 1.54) is 23.0 Å². The highest BCUT2D eigenvalue weighted by Gasteiger charge is 2.33. The van der Waals surface area contributed by atoms with Crippen LogP contribution in [0, 0.1) is 5.92 Å². The van der Waals surface area contributed by atoms with Crippen LogP contribution in [0.1, 0.15) is 25.8 Å². The lowest BCUT2D eigenvalue weighted by molar-refractivity contribution is -0.119. The third-order valence-corrected chi connectivity index (χ3v) is 5.94. The number of rotatable bonds is 6. The Balaban J connectivity index is 1.39. The Labute approximate surface area is 182 Å². The maximum absolute atomic E-state index is 12.2. The maximum Gasteiger partial charge on any atom is 0.416 e. The molecule has 2 amide bonds. The van der Waals surface area contributed by atoms with E-state index in [1.807, 2.05) is 18.3 Å². The van der Waals surface area contributed by atoms with Crippen LogP contribution in [-0.2, 0) is 14.3 Å². The molecule has 3 aliphatic rings. The van der Waals surface area contributed by atoms with Crippen LogP contribution in [0.3, 0.4) is 0 Å². The van der Waals surface area contributed by atoms with Crippen molar-refractivity contribution in [3.63, 3.8) is 0 Å². The zero-order valence-corrected chi connectivity index (χ0v) is 18.2. The molecule has 31 heavy (non-hydrogen) atoms. The molecule has 0 radical (unpaired) electrons. The third-order valence-electron chi connectivity index (χ3n) is 5.94. The van der Waals surface area contributed by atoms with Crippen LogP contribution in [0.2, 0.25) is 0 Å². The predicted molar refractivity (Wildman–Crippen MR) is 118 cm³/mol. The summed E-state index contributed by atoms with van der Waals surface area (Å²) in [4.78, 5) is 31.7. The van der Waals surface area contributed by atoms with Crippen LogP contribution < -0.4 is 10.2 Å². The summed E-state index contributed by atoms with van der Waals surface area (Å²) in [6.07, 6.45) is 6.50. The van der Waals surface area contributed by atoms with Crippen LogP contribution in [0.15, 0.2) is 36.1 Å². The molecule has 1 aromatic heterocycles. The first-order valence-electron chi connectivity index (χ1n) is 10.9. The lowest BCUT2D eigenvalue weighted by atomic mass is 9.85.